The number of amides is 1. The molecule has 0 bridgehead atoms. The molecule has 2 heterocycles. The Morgan fingerprint density at radius 3 is 0.989 bits per heavy atom. The molecule has 1 aromatic heterocycles. The third kappa shape index (κ3) is 48.2. The lowest BCUT2D eigenvalue weighted by Crippen LogP contribution is -2.41. The standard InChI is InChI=1S/C19H23N7O6.6C5H9NO4/c20-19-25-15-14(17(30)26-19)23-11(8-22-15)7-21-10-3-1-9(2-4-10)16(29)24-12(18(31)32)5-6-13(27)28;6*6-3(5(9)10)1-2-4(7)8/h1-4,11-12,21,23H,5-8H2,(H,24,29)(H,27,28)(H,31,32)(H4,20,22,25,26,30);6*3H,1-2,6H2,(H,7,8)(H,9,10)/t11?,12-;6*3-/m0000000/s1. The molecule has 1 aromatic carbocycles. The Balaban J connectivity index is -0.000000539. The SMILES string of the molecule is N[C@@H](CCC(=O)O)C(=O)O.N[C@@H](CCC(=O)O)C(=O)O.N[C@@H](CCC(=O)O)C(=O)O.N[C@@H](CCC(=O)O)C(=O)O.N[C@@H](CCC(=O)O)C(=O)O.N[C@@H](CCC(=O)O)C(=O)O.Nc1nc2c(c(=O)[nH]1)NC(CNc1ccc(C(=O)N[C@@H](CCC(=O)O)C(=O)O)cc1)CN2. The number of carbonyl (C=O) groups excluding carboxylic acids is 1. The van der Waals surface area contributed by atoms with Crippen LogP contribution in [0, 0.1) is 0 Å². The number of nitrogens with one attached hydrogen (secondary N) is 5. The first kappa shape index (κ1) is 87.5. The van der Waals surface area contributed by atoms with Crippen molar-refractivity contribution in [3.63, 3.8) is 0 Å². The fourth-order valence-electron chi connectivity index (χ4n) is 5.51. The summed E-state index contributed by atoms with van der Waals surface area (Å²) >= 11 is 0. The van der Waals surface area contributed by atoms with Gasteiger partial charge in [0.15, 0.2) is 5.82 Å². The van der Waals surface area contributed by atoms with E-state index >= 15 is 0 Å². The van der Waals surface area contributed by atoms with Crippen molar-refractivity contribution in [3.05, 3.63) is 40.2 Å². The summed E-state index contributed by atoms with van der Waals surface area (Å²) in [7, 11) is 0. The first-order valence-corrected chi connectivity index (χ1v) is 26.2. The van der Waals surface area contributed by atoms with Gasteiger partial charge in [0.2, 0.25) is 5.95 Å². The first-order valence-electron chi connectivity index (χ1n) is 26.2. The molecule has 1 aliphatic heterocycles. The Bertz CT molecular complexity index is 2580. The van der Waals surface area contributed by atoms with E-state index in [2.05, 4.69) is 31.2 Å². The monoisotopic (exact) mass is 1330 g/mol. The number of fused-ring (bicyclic) bond motifs is 1. The third-order valence-corrected chi connectivity index (χ3v) is 10.7. The molecule has 0 radical (unpaired) electrons. The number of H-pyrrole nitrogens is 1. The number of nitrogen functional groups attached to an aromatic ring is 1. The molecule has 43 nitrogen and oxygen atoms in total. The van der Waals surface area contributed by atoms with Crippen molar-refractivity contribution in [2.45, 2.75) is 138 Å². The zero-order valence-corrected chi connectivity index (χ0v) is 48.5. The Labute approximate surface area is 517 Å². The summed E-state index contributed by atoms with van der Waals surface area (Å²) in [6, 6.07) is -1.42. The normalized spacial score (nSPS) is 13.5. The highest BCUT2D eigenvalue weighted by Crippen LogP contribution is 2.20. The largest absolute Gasteiger partial charge is 0.481 e. The molecule has 0 saturated carbocycles. The molecule has 518 valence electrons. The molecule has 1 aliphatic rings. The highest BCUT2D eigenvalue weighted by Gasteiger charge is 2.24. The Kier molecular flexibility index (Phi) is 45.8. The van der Waals surface area contributed by atoms with Crippen LogP contribution in [0.25, 0.3) is 0 Å². The van der Waals surface area contributed by atoms with E-state index in [1.54, 1.807) is 12.1 Å². The minimum absolute atomic E-state index is 0.0231. The number of aromatic amines is 1. The van der Waals surface area contributed by atoms with Crippen LogP contribution in [0.4, 0.5) is 23.1 Å². The van der Waals surface area contributed by atoms with Crippen LogP contribution in [0.5, 0.6) is 0 Å². The van der Waals surface area contributed by atoms with Gasteiger partial charge in [-0.1, -0.05) is 0 Å². The van der Waals surface area contributed by atoms with Gasteiger partial charge in [0.1, 0.15) is 48.0 Å². The van der Waals surface area contributed by atoms with Crippen molar-refractivity contribution in [2.75, 3.05) is 34.8 Å². The molecule has 8 atom stereocenters. The minimum Gasteiger partial charge on any atom is -0.481 e. The maximum absolute atomic E-state index is 12.3. The number of carbonyl (C=O) groups is 15. The second-order valence-electron chi connectivity index (χ2n) is 18.4. The number of nitrogens with two attached hydrogens (primary N) is 7. The molecule has 33 N–H and O–H groups in total. The zero-order valence-electron chi connectivity index (χ0n) is 48.5. The molecule has 0 fully saturated rings. The molecule has 43 heteroatoms. The van der Waals surface area contributed by atoms with E-state index in [9.17, 15) is 76.7 Å². The van der Waals surface area contributed by atoms with Crippen LogP contribution in [0.15, 0.2) is 29.1 Å². The maximum Gasteiger partial charge on any atom is 0.326 e. The summed E-state index contributed by atoms with van der Waals surface area (Å²) in [5.41, 5.74) is 36.4. The molecular formula is C49H77N13O30. The van der Waals surface area contributed by atoms with Gasteiger partial charge in [-0.2, -0.15) is 4.98 Å². The summed E-state index contributed by atoms with van der Waals surface area (Å²) in [4.78, 5) is 172. The lowest BCUT2D eigenvalue weighted by Gasteiger charge is -2.27. The van der Waals surface area contributed by atoms with Crippen molar-refractivity contribution in [3.8, 4) is 0 Å². The van der Waals surface area contributed by atoms with Gasteiger partial charge in [-0.15, -0.1) is 0 Å². The summed E-state index contributed by atoms with van der Waals surface area (Å²) in [6.45, 7) is 0.960. The Morgan fingerprint density at radius 1 is 0.446 bits per heavy atom. The van der Waals surface area contributed by atoms with E-state index < -0.39 is 132 Å². The van der Waals surface area contributed by atoms with Crippen LogP contribution in [0.2, 0.25) is 0 Å². The number of hydrogen-bond acceptors (Lipinski definition) is 27. The summed E-state index contributed by atoms with van der Waals surface area (Å²) < 4.78 is 0. The highest BCUT2D eigenvalue weighted by molar-refractivity contribution is 5.97. The Hall–Kier alpha value is -10.9. The second-order valence-corrected chi connectivity index (χ2v) is 18.4. The van der Waals surface area contributed by atoms with Crippen molar-refractivity contribution in [1.29, 1.82) is 0 Å². The van der Waals surface area contributed by atoms with Gasteiger partial charge >= 0.3 is 83.6 Å². The summed E-state index contributed by atoms with van der Waals surface area (Å²) in [5, 5.41) is 127. The van der Waals surface area contributed by atoms with Crippen LogP contribution in [0.1, 0.15) is 100 Å². The summed E-state index contributed by atoms with van der Waals surface area (Å²) in [6.07, 6.45) is -1.93. The van der Waals surface area contributed by atoms with Crippen LogP contribution in [-0.2, 0) is 67.1 Å². The van der Waals surface area contributed by atoms with Crippen molar-refractivity contribution < 1.29 is 143 Å². The van der Waals surface area contributed by atoms with Crippen molar-refractivity contribution >= 4 is 113 Å². The predicted octanol–water partition coefficient (Wildman–Crippen LogP) is -4.70. The number of aliphatic carboxylic acids is 14. The molecule has 1 unspecified atom stereocenters. The minimum atomic E-state index is -1.30. The molecule has 1 amide bonds. The predicted molar refractivity (Wildman–Crippen MR) is 311 cm³/mol. The van der Waals surface area contributed by atoms with E-state index in [1.165, 1.54) is 12.1 Å². The van der Waals surface area contributed by atoms with Crippen LogP contribution in [-0.4, -0.2) is 232 Å². The zero-order chi connectivity index (χ0) is 72.1. The van der Waals surface area contributed by atoms with Crippen LogP contribution in [0.3, 0.4) is 0 Å². The number of rotatable bonds is 33. The molecule has 3 rings (SSSR count). The fraction of sp³-hybridized carbons (Fsp3) is 0.490. The molecule has 0 spiro atoms. The topological polar surface area (TPSA) is 815 Å². The summed E-state index contributed by atoms with van der Waals surface area (Å²) in [5.74, 6) is -15.8. The van der Waals surface area contributed by atoms with Crippen molar-refractivity contribution in [2.24, 2.45) is 34.4 Å². The van der Waals surface area contributed by atoms with Gasteiger partial charge in [0.25, 0.3) is 11.5 Å². The quantitative estimate of drug-likeness (QED) is 0.0319. The van der Waals surface area contributed by atoms with Gasteiger partial charge in [0, 0.05) is 69.3 Å². The van der Waals surface area contributed by atoms with Gasteiger partial charge in [0.05, 0.1) is 6.04 Å². The number of aromatic nitrogens is 2. The average molecular weight is 1330 g/mol. The van der Waals surface area contributed by atoms with E-state index in [-0.39, 0.29) is 113 Å². The van der Waals surface area contributed by atoms with Gasteiger partial charge in [-0.25, -0.2) is 4.79 Å². The van der Waals surface area contributed by atoms with Crippen LogP contribution >= 0.6 is 0 Å². The lowest BCUT2D eigenvalue weighted by atomic mass is 10.1. The molecular weight excluding hydrogens is 1250 g/mol. The number of anilines is 4. The molecule has 2 aromatic rings. The van der Waals surface area contributed by atoms with E-state index in [0.29, 0.717) is 30.3 Å². The third-order valence-electron chi connectivity index (χ3n) is 10.7. The maximum atomic E-state index is 12.3. The number of carboxylic acids is 14. The lowest BCUT2D eigenvalue weighted by molar-refractivity contribution is -0.142. The Morgan fingerprint density at radius 2 is 0.728 bits per heavy atom. The van der Waals surface area contributed by atoms with Gasteiger partial charge in [-0.05, 0) is 69.2 Å². The van der Waals surface area contributed by atoms with Crippen molar-refractivity contribution in [1.82, 2.24) is 15.3 Å². The first-order chi connectivity index (χ1) is 42.4. The second kappa shape index (κ2) is 48.1. The number of benzene rings is 1. The molecule has 0 aliphatic carbocycles. The number of nitrogens with zero attached hydrogens (tertiary/aromatic N) is 1. The van der Waals surface area contributed by atoms with Gasteiger partial charge in [-0.3, -0.25) is 76.9 Å². The van der Waals surface area contributed by atoms with E-state index in [4.69, 9.17) is 112 Å². The van der Waals surface area contributed by atoms with E-state index in [0.717, 1.165) is 0 Å². The molecule has 0 saturated heterocycles. The number of carboxylic acid groups (broad SMARTS) is 14. The highest BCUT2D eigenvalue weighted by atomic mass is 16.4. The smallest absolute Gasteiger partial charge is 0.326 e. The number of hydrogen-bond donors (Lipinski definition) is 26. The van der Waals surface area contributed by atoms with Gasteiger partial charge < -0.3 is 133 Å². The molecule has 92 heavy (non-hydrogen) atoms. The fourth-order valence-corrected chi connectivity index (χ4v) is 5.51. The average Bonchev–Trinajstić information content (AvgIpc) is 2.28. The van der Waals surface area contributed by atoms with Crippen LogP contribution < -0.4 is 67.0 Å². The van der Waals surface area contributed by atoms with E-state index in [1.807, 2.05) is 0 Å².